The lowest BCUT2D eigenvalue weighted by Crippen LogP contribution is -2.38. The highest BCUT2D eigenvalue weighted by molar-refractivity contribution is 6.18. The second-order valence-corrected chi connectivity index (χ2v) is 4.73. The molecule has 0 unspecified atom stereocenters. The van der Waals surface area contributed by atoms with Crippen LogP contribution in [0.25, 0.3) is 0 Å². The molecule has 1 heterocycles. The third-order valence-electron chi connectivity index (χ3n) is 2.83. The van der Waals surface area contributed by atoms with Gasteiger partial charge in [-0.1, -0.05) is 0 Å². The van der Waals surface area contributed by atoms with Gasteiger partial charge in [-0.3, -0.25) is 4.79 Å². The van der Waals surface area contributed by atoms with Crippen LogP contribution in [0, 0.1) is 0 Å². The van der Waals surface area contributed by atoms with Gasteiger partial charge in [0.25, 0.3) is 5.91 Å². The summed E-state index contributed by atoms with van der Waals surface area (Å²) in [5.41, 5.74) is 0.595. The minimum atomic E-state index is -0.0380. The van der Waals surface area contributed by atoms with Crippen molar-refractivity contribution in [3.05, 3.63) is 23.8 Å². The standard InChI is InChI=1S/C13H16ClNO3/c1-9(2)15(6-5-14)13(16)10-3-4-11-12(7-10)18-8-17-11/h3-4,7,9H,5-6,8H2,1-2H3. The number of benzene rings is 1. The highest BCUT2D eigenvalue weighted by Crippen LogP contribution is 2.32. The van der Waals surface area contributed by atoms with Gasteiger partial charge in [0.15, 0.2) is 11.5 Å². The Hall–Kier alpha value is -1.42. The quantitative estimate of drug-likeness (QED) is 0.789. The zero-order chi connectivity index (χ0) is 13.1. The summed E-state index contributed by atoms with van der Waals surface area (Å²) in [6.07, 6.45) is 0. The summed E-state index contributed by atoms with van der Waals surface area (Å²) in [7, 11) is 0. The molecular weight excluding hydrogens is 254 g/mol. The molecule has 1 aromatic rings. The third-order valence-corrected chi connectivity index (χ3v) is 3.00. The summed E-state index contributed by atoms with van der Waals surface area (Å²) < 4.78 is 10.5. The van der Waals surface area contributed by atoms with Gasteiger partial charge < -0.3 is 14.4 Å². The van der Waals surface area contributed by atoms with Gasteiger partial charge in [0, 0.05) is 24.0 Å². The maximum atomic E-state index is 12.3. The van der Waals surface area contributed by atoms with Crippen LogP contribution >= 0.6 is 11.6 Å². The zero-order valence-electron chi connectivity index (χ0n) is 10.5. The molecule has 0 atom stereocenters. The van der Waals surface area contributed by atoms with Gasteiger partial charge in [0.2, 0.25) is 6.79 Å². The highest BCUT2D eigenvalue weighted by atomic mass is 35.5. The lowest BCUT2D eigenvalue weighted by molar-refractivity contribution is 0.0718. The van der Waals surface area contributed by atoms with E-state index >= 15 is 0 Å². The molecule has 98 valence electrons. The highest BCUT2D eigenvalue weighted by Gasteiger charge is 2.21. The normalized spacial score (nSPS) is 12.9. The van der Waals surface area contributed by atoms with Crippen LogP contribution in [-0.2, 0) is 0 Å². The van der Waals surface area contributed by atoms with Crippen LogP contribution in [0.15, 0.2) is 18.2 Å². The molecule has 5 heteroatoms. The predicted octanol–water partition coefficient (Wildman–Crippen LogP) is 2.50. The van der Waals surface area contributed by atoms with Crippen LogP contribution in [-0.4, -0.2) is 36.1 Å². The first kappa shape index (κ1) is 13.0. The number of carbonyl (C=O) groups is 1. The molecule has 0 saturated carbocycles. The van der Waals surface area contributed by atoms with Crippen LogP contribution < -0.4 is 9.47 Å². The molecule has 0 spiro atoms. The van der Waals surface area contributed by atoms with Gasteiger partial charge in [-0.25, -0.2) is 0 Å². The lowest BCUT2D eigenvalue weighted by atomic mass is 10.1. The number of amides is 1. The fraction of sp³-hybridized carbons (Fsp3) is 0.462. The van der Waals surface area contributed by atoms with Crippen molar-refractivity contribution in [2.45, 2.75) is 19.9 Å². The number of fused-ring (bicyclic) bond motifs is 1. The third kappa shape index (κ3) is 2.53. The number of alkyl halides is 1. The second kappa shape index (κ2) is 5.48. The van der Waals surface area contributed by atoms with Crippen molar-refractivity contribution in [1.29, 1.82) is 0 Å². The largest absolute Gasteiger partial charge is 0.454 e. The number of hydrogen-bond acceptors (Lipinski definition) is 3. The molecule has 4 nitrogen and oxygen atoms in total. The smallest absolute Gasteiger partial charge is 0.254 e. The van der Waals surface area contributed by atoms with Crippen molar-refractivity contribution in [3.63, 3.8) is 0 Å². The molecule has 1 aromatic carbocycles. The van der Waals surface area contributed by atoms with E-state index in [4.69, 9.17) is 21.1 Å². The van der Waals surface area contributed by atoms with Gasteiger partial charge in [0.1, 0.15) is 0 Å². The number of nitrogens with zero attached hydrogens (tertiary/aromatic N) is 1. The summed E-state index contributed by atoms with van der Waals surface area (Å²) in [6.45, 7) is 4.68. The monoisotopic (exact) mass is 269 g/mol. The Kier molecular flexibility index (Phi) is 3.97. The Morgan fingerprint density at radius 2 is 2.11 bits per heavy atom. The molecule has 0 bridgehead atoms. The average molecular weight is 270 g/mol. The summed E-state index contributed by atoms with van der Waals surface area (Å²) in [4.78, 5) is 14.1. The van der Waals surface area contributed by atoms with Gasteiger partial charge in [-0.15, -0.1) is 11.6 Å². The van der Waals surface area contributed by atoms with E-state index in [1.165, 1.54) is 0 Å². The summed E-state index contributed by atoms with van der Waals surface area (Å²) >= 11 is 5.73. The van der Waals surface area contributed by atoms with Crippen molar-refractivity contribution in [3.8, 4) is 11.5 Å². The molecule has 0 fully saturated rings. The fourth-order valence-corrected chi connectivity index (χ4v) is 2.06. The van der Waals surface area contributed by atoms with Crippen molar-refractivity contribution in [2.24, 2.45) is 0 Å². The predicted molar refractivity (Wildman–Crippen MR) is 69.5 cm³/mol. The van der Waals surface area contributed by atoms with E-state index in [1.54, 1.807) is 23.1 Å². The lowest BCUT2D eigenvalue weighted by Gasteiger charge is -2.26. The maximum Gasteiger partial charge on any atom is 0.254 e. The Morgan fingerprint density at radius 1 is 1.39 bits per heavy atom. The van der Waals surface area contributed by atoms with E-state index in [1.807, 2.05) is 13.8 Å². The van der Waals surface area contributed by atoms with Gasteiger partial charge in [0.05, 0.1) is 0 Å². The topological polar surface area (TPSA) is 38.8 Å². The summed E-state index contributed by atoms with van der Waals surface area (Å²) in [6, 6.07) is 5.34. The van der Waals surface area contributed by atoms with Crippen LogP contribution in [0.1, 0.15) is 24.2 Å². The van der Waals surface area contributed by atoms with Gasteiger partial charge in [-0.2, -0.15) is 0 Å². The van der Waals surface area contributed by atoms with Crippen LogP contribution in [0.4, 0.5) is 0 Å². The Morgan fingerprint density at radius 3 is 2.78 bits per heavy atom. The Bertz CT molecular complexity index is 448. The molecule has 1 aliphatic rings. The molecular formula is C13H16ClNO3. The first-order valence-electron chi connectivity index (χ1n) is 5.90. The zero-order valence-corrected chi connectivity index (χ0v) is 11.2. The van der Waals surface area contributed by atoms with E-state index in [9.17, 15) is 4.79 Å². The number of halogens is 1. The van der Waals surface area contributed by atoms with Gasteiger partial charge >= 0.3 is 0 Å². The fourth-order valence-electron chi connectivity index (χ4n) is 1.88. The molecule has 1 aliphatic heterocycles. The molecule has 0 saturated heterocycles. The minimum absolute atomic E-state index is 0.0380. The minimum Gasteiger partial charge on any atom is -0.454 e. The number of ether oxygens (including phenoxy) is 2. The molecule has 2 rings (SSSR count). The molecule has 1 amide bonds. The second-order valence-electron chi connectivity index (χ2n) is 4.35. The van der Waals surface area contributed by atoms with E-state index in [-0.39, 0.29) is 18.7 Å². The van der Waals surface area contributed by atoms with E-state index in [0.29, 0.717) is 29.5 Å². The molecule has 0 aliphatic carbocycles. The van der Waals surface area contributed by atoms with Crippen molar-refractivity contribution < 1.29 is 14.3 Å². The van der Waals surface area contributed by atoms with Crippen molar-refractivity contribution in [1.82, 2.24) is 4.90 Å². The van der Waals surface area contributed by atoms with E-state index in [0.717, 1.165) is 0 Å². The molecule has 18 heavy (non-hydrogen) atoms. The van der Waals surface area contributed by atoms with E-state index in [2.05, 4.69) is 0 Å². The molecule has 0 radical (unpaired) electrons. The van der Waals surface area contributed by atoms with Crippen LogP contribution in [0.2, 0.25) is 0 Å². The molecule has 0 N–H and O–H groups in total. The maximum absolute atomic E-state index is 12.3. The number of carbonyl (C=O) groups excluding carboxylic acids is 1. The SMILES string of the molecule is CC(C)N(CCCl)C(=O)c1ccc2c(c1)OCO2. The summed E-state index contributed by atoms with van der Waals surface area (Å²) in [5, 5.41) is 0. The van der Waals surface area contributed by atoms with Crippen molar-refractivity contribution >= 4 is 17.5 Å². The van der Waals surface area contributed by atoms with Crippen LogP contribution in [0.3, 0.4) is 0 Å². The van der Waals surface area contributed by atoms with Gasteiger partial charge in [-0.05, 0) is 32.0 Å². The van der Waals surface area contributed by atoms with Crippen molar-refractivity contribution in [2.75, 3.05) is 19.2 Å². The van der Waals surface area contributed by atoms with Crippen LogP contribution in [0.5, 0.6) is 11.5 Å². The number of rotatable bonds is 4. The summed E-state index contributed by atoms with van der Waals surface area (Å²) in [5.74, 6) is 1.69. The Labute approximate surface area is 111 Å². The number of hydrogen-bond donors (Lipinski definition) is 0. The Balaban J connectivity index is 2.22. The first-order valence-corrected chi connectivity index (χ1v) is 6.43. The molecule has 0 aromatic heterocycles. The van der Waals surface area contributed by atoms with E-state index < -0.39 is 0 Å². The first-order chi connectivity index (χ1) is 8.63. The average Bonchev–Trinajstić information content (AvgIpc) is 2.81.